The SMILES string of the molecule is C#Cc1cccc(Nc2ncnc3cc(OCCCOC)c(OCCCOC)cc23)c1. The summed E-state index contributed by atoms with van der Waals surface area (Å²) in [6, 6.07) is 11.4. The molecule has 1 N–H and O–H groups in total. The van der Waals surface area contributed by atoms with Crippen LogP contribution in [-0.4, -0.2) is 50.6 Å². The van der Waals surface area contributed by atoms with Crippen molar-refractivity contribution < 1.29 is 18.9 Å². The van der Waals surface area contributed by atoms with Crippen LogP contribution in [0.15, 0.2) is 42.7 Å². The molecule has 0 aliphatic rings. The van der Waals surface area contributed by atoms with Crippen molar-refractivity contribution in [1.82, 2.24) is 9.97 Å². The van der Waals surface area contributed by atoms with E-state index in [1.807, 2.05) is 36.4 Å². The quantitative estimate of drug-likeness (QED) is 0.347. The van der Waals surface area contributed by atoms with Gasteiger partial charge in [0.15, 0.2) is 11.5 Å². The van der Waals surface area contributed by atoms with Crippen molar-refractivity contribution in [2.45, 2.75) is 12.8 Å². The number of methoxy groups -OCH3 is 2. The van der Waals surface area contributed by atoms with Crippen LogP contribution in [0, 0.1) is 12.3 Å². The van der Waals surface area contributed by atoms with Gasteiger partial charge in [-0.05, 0) is 24.3 Å². The van der Waals surface area contributed by atoms with Gasteiger partial charge in [0, 0.05) is 63.0 Å². The van der Waals surface area contributed by atoms with Gasteiger partial charge in [-0.15, -0.1) is 6.42 Å². The normalized spacial score (nSPS) is 10.6. The van der Waals surface area contributed by atoms with Crippen LogP contribution in [0.5, 0.6) is 11.5 Å². The second kappa shape index (κ2) is 11.7. The monoisotopic (exact) mass is 421 g/mol. The maximum Gasteiger partial charge on any atom is 0.163 e. The number of ether oxygens (including phenoxy) is 4. The molecule has 0 saturated heterocycles. The lowest BCUT2D eigenvalue weighted by Gasteiger charge is -2.15. The maximum absolute atomic E-state index is 6.00. The molecule has 162 valence electrons. The van der Waals surface area contributed by atoms with Gasteiger partial charge < -0.3 is 24.3 Å². The minimum Gasteiger partial charge on any atom is -0.490 e. The van der Waals surface area contributed by atoms with Crippen LogP contribution in [-0.2, 0) is 9.47 Å². The Morgan fingerprint density at radius 3 is 2.29 bits per heavy atom. The molecule has 0 atom stereocenters. The first-order valence-electron chi connectivity index (χ1n) is 10.1. The lowest BCUT2D eigenvalue weighted by Crippen LogP contribution is -2.06. The van der Waals surface area contributed by atoms with Crippen LogP contribution < -0.4 is 14.8 Å². The predicted octanol–water partition coefficient (Wildman–Crippen LogP) is 4.19. The number of anilines is 2. The number of hydrogen-bond donors (Lipinski definition) is 1. The Labute approximate surface area is 182 Å². The highest BCUT2D eigenvalue weighted by atomic mass is 16.5. The number of nitrogens with one attached hydrogen (secondary N) is 1. The minimum atomic E-state index is 0.508. The molecule has 3 aromatic rings. The summed E-state index contributed by atoms with van der Waals surface area (Å²) in [4.78, 5) is 8.83. The Hall–Kier alpha value is -3.34. The number of fused-ring (bicyclic) bond motifs is 1. The second-order valence-electron chi connectivity index (χ2n) is 6.78. The molecule has 1 aromatic heterocycles. The number of hydrogen-bond acceptors (Lipinski definition) is 7. The summed E-state index contributed by atoms with van der Waals surface area (Å²) in [6.07, 6.45) is 8.58. The van der Waals surface area contributed by atoms with Crippen LogP contribution >= 0.6 is 0 Å². The fourth-order valence-corrected chi connectivity index (χ4v) is 2.98. The maximum atomic E-state index is 6.00. The number of nitrogens with zero attached hydrogens (tertiary/aromatic N) is 2. The molecule has 0 fully saturated rings. The fraction of sp³-hybridized carbons (Fsp3) is 0.333. The molecule has 0 saturated carbocycles. The van der Waals surface area contributed by atoms with Crippen molar-refractivity contribution >= 4 is 22.4 Å². The molecule has 7 heteroatoms. The first-order valence-corrected chi connectivity index (χ1v) is 10.1. The molecular formula is C24H27N3O4. The predicted molar refractivity (Wildman–Crippen MR) is 121 cm³/mol. The van der Waals surface area contributed by atoms with E-state index in [-0.39, 0.29) is 0 Å². The van der Waals surface area contributed by atoms with Crippen LogP contribution in [0.1, 0.15) is 18.4 Å². The molecular weight excluding hydrogens is 394 g/mol. The molecule has 0 unspecified atom stereocenters. The zero-order valence-corrected chi connectivity index (χ0v) is 17.9. The number of benzene rings is 2. The summed E-state index contributed by atoms with van der Waals surface area (Å²) in [5.41, 5.74) is 2.38. The molecule has 0 amide bonds. The van der Waals surface area contributed by atoms with Crippen molar-refractivity contribution in [3.63, 3.8) is 0 Å². The van der Waals surface area contributed by atoms with E-state index >= 15 is 0 Å². The molecule has 31 heavy (non-hydrogen) atoms. The van der Waals surface area contributed by atoms with E-state index in [0.29, 0.717) is 43.7 Å². The summed E-state index contributed by atoms with van der Waals surface area (Å²) in [5, 5.41) is 4.14. The van der Waals surface area contributed by atoms with Gasteiger partial charge in [0.2, 0.25) is 0 Å². The second-order valence-corrected chi connectivity index (χ2v) is 6.78. The third-order valence-electron chi connectivity index (χ3n) is 4.49. The van der Waals surface area contributed by atoms with E-state index < -0.39 is 0 Å². The van der Waals surface area contributed by atoms with Crippen molar-refractivity contribution in [3.05, 3.63) is 48.3 Å². The number of terminal acetylenes is 1. The van der Waals surface area contributed by atoms with Gasteiger partial charge in [0.05, 0.1) is 18.7 Å². The van der Waals surface area contributed by atoms with Gasteiger partial charge in [-0.2, -0.15) is 0 Å². The Morgan fingerprint density at radius 1 is 0.903 bits per heavy atom. The molecule has 0 bridgehead atoms. The van der Waals surface area contributed by atoms with Gasteiger partial charge in [0.25, 0.3) is 0 Å². The van der Waals surface area contributed by atoms with E-state index in [0.717, 1.165) is 35.0 Å². The lowest BCUT2D eigenvalue weighted by molar-refractivity contribution is 0.163. The fourth-order valence-electron chi connectivity index (χ4n) is 2.98. The van der Waals surface area contributed by atoms with Gasteiger partial charge in [-0.25, -0.2) is 9.97 Å². The van der Waals surface area contributed by atoms with E-state index in [9.17, 15) is 0 Å². The summed E-state index contributed by atoms with van der Waals surface area (Å²) in [6.45, 7) is 2.28. The molecule has 0 radical (unpaired) electrons. The molecule has 0 spiro atoms. The van der Waals surface area contributed by atoms with E-state index in [2.05, 4.69) is 21.2 Å². The Kier molecular flexibility index (Phi) is 8.47. The van der Waals surface area contributed by atoms with Crippen LogP contribution in [0.25, 0.3) is 10.9 Å². The van der Waals surface area contributed by atoms with E-state index in [1.54, 1.807) is 14.2 Å². The molecule has 0 aliphatic carbocycles. The van der Waals surface area contributed by atoms with Crippen LogP contribution in [0.2, 0.25) is 0 Å². The van der Waals surface area contributed by atoms with Crippen LogP contribution in [0.3, 0.4) is 0 Å². The van der Waals surface area contributed by atoms with Crippen molar-refractivity contribution in [2.75, 3.05) is 46.0 Å². The standard InChI is InChI=1S/C24H27N3O4/c1-4-18-8-5-9-19(14-18)27-24-20-15-22(30-12-6-10-28-2)23(31-13-7-11-29-3)16-21(20)25-17-26-24/h1,5,8-9,14-17H,6-7,10-13H2,2-3H3,(H,25,26,27). The average Bonchev–Trinajstić information content (AvgIpc) is 2.80. The highest BCUT2D eigenvalue weighted by Crippen LogP contribution is 2.35. The minimum absolute atomic E-state index is 0.508. The number of aromatic nitrogens is 2. The zero-order valence-electron chi connectivity index (χ0n) is 17.9. The molecule has 3 rings (SSSR count). The topological polar surface area (TPSA) is 74.7 Å². The van der Waals surface area contributed by atoms with Crippen molar-refractivity contribution in [2.24, 2.45) is 0 Å². The van der Waals surface area contributed by atoms with E-state index in [1.165, 1.54) is 6.33 Å². The first kappa shape index (κ1) is 22.3. The Balaban J connectivity index is 1.90. The van der Waals surface area contributed by atoms with Gasteiger partial charge >= 0.3 is 0 Å². The highest BCUT2D eigenvalue weighted by Gasteiger charge is 2.13. The largest absolute Gasteiger partial charge is 0.490 e. The Bertz CT molecular complexity index is 1030. The molecule has 7 nitrogen and oxygen atoms in total. The number of rotatable bonds is 12. The van der Waals surface area contributed by atoms with Crippen molar-refractivity contribution in [1.29, 1.82) is 0 Å². The smallest absolute Gasteiger partial charge is 0.163 e. The van der Waals surface area contributed by atoms with E-state index in [4.69, 9.17) is 25.4 Å². The zero-order chi connectivity index (χ0) is 21.9. The summed E-state index contributed by atoms with van der Waals surface area (Å²) >= 11 is 0. The molecule has 2 aromatic carbocycles. The lowest BCUT2D eigenvalue weighted by atomic mass is 10.2. The first-order chi connectivity index (χ1) is 15.2. The summed E-state index contributed by atoms with van der Waals surface area (Å²) in [7, 11) is 3.34. The third kappa shape index (κ3) is 6.32. The summed E-state index contributed by atoms with van der Waals surface area (Å²) < 4.78 is 22.2. The molecule has 0 aliphatic heterocycles. The van der Waals surface area contributed by atoms with Crippen molar-refractivity contribution in [3.8, 4) is 23.8 Å². The van der Waals surface area contributed by atoms with Gasteiger partial charge in [-0.1, -0.05) is 12.0 Å². The summed E-state index contributed by atoms with van der Waals surface area (Å²) in [5.74, 6) is 4.57. The third-order valence-corrected chi connectivity index (χ3v) is 4.49. The molecule has 1 heterocycles. The highest BCUT2D eigenvalue weighted by molar-refractivity contribution is 5.93. The van der Waals surface area contributed by atoms with Gasteiger partial charge in [-0.3, -0.25) is 0 Å². The van der Waals surface area contributed by atoms with Crippen LogP contribution in [0.4, 0.5) is 11.5 Å². The Morgan fingerprint density at radius 2 is 1.61 bits per heavy atom. The van der Waals surface area contributed by atoms with Gasteiger partial charge in [0.1, 0.15) is 12.1 Å². The average molecular weight is 421 g/mol.